The van der Waals surface area contributed by atoms with E-state index in [4.69, 9.17) is 21.1 Å². The van der Waals surface area contributed by atoms with Crippen LogP contribution in [0.3, 0.4) is 0 Å². The maximum atomic E-state index is 14.7. The van der Waals surface area contributed by atoms with Gasteiger partial charge >= 0.3 is 23.9 Å². The van der Waals surface area contributed by atoms with Crippen molar-refractivity contribution in [2.75, 3.05) is 19.8 Å². The molecule has 1 saturated heterocycles. The van der Waals surface area contributed by atoms with E-state index in [0.29, 0.717) is 6.07 Å². The fourth-order valence-electron chi connectivity index (χ4n) is 3.09. The number of rotatable bonds is 5. The van der Waals surface area contributed by atoms with Crippen molar-refractivity contribution in [1.29, 1.82) is 0 Å². The third-order valence-corrected chi connectivity index (χ3v) is 4.87. The number of carbonyl (C=O) groups excluding carboxylic acids is 2. The van der Waals surface area contributed by atoms with Crippen molar-refractivity contribution < 1.29 is 36.6 Å². The standard InChI is InChI=1S/C19H15ClF4N4O6/c1-3-33-13(30)6-28-12(29)7-34-18(28)25-11-4-8(10(21)5-9(11)20)14-15(19(22,23)24)27(2)17(32)26-16(14)31/h4-5H,3,6-7H2,1-2H3,(H,26,31,32). The number of H-pyrrole nitrogens is 1. The molecular formula is C19H15ClF4N4O6. The van der Waals surface area contributed by atoms with Gasteiger partial charge in [-0.05, 0) is 19.1 Å². The Bertz CT molecular complexity index is 1320. The van der Waals surface area contributed by atoms with Gasteiger partial charge in [-0.3, -0.25) is 28.8 Å². The van der Waals surface area contributed by atoms with Crippen molar-refractivity contribution in [2.24, 2.45) is 12.0 Å². The van der Waals surface area contributed by atoms with Gasteiger partial charge in [0, 0.05) is 12.6 Å². The smallest absolute Gasteiger partial charge is 0.432 e. The van der Waals surface area contributed by atoms with Crippen molar-refractivity contribution >= 4 is 35.2 Å². The molecule has 182 valence electrons. The molecule has 0 bridgehead atoms. The predicted molar refractivity (Wildman–Crippen MR) is 109 cm³/mol. The Kier molecular flexibility index (Phi) is 6.82. The van der Waals surface area contributed by atoms with E-state index in [-0.39, 0.29) is 16.9 Å². The number of ether oxygens (including phenoxy) is 2. The van der Waals surface area contributed by atoms with Crippen LogP contribution in [-0.2, 0) is 32.3 Å². The molecule has 1 N–H and O–H groups in total. The molecule has 1 aromatic carbocycles. The molecule has 0 spiro atoms. The van der Waals surface area contributed by atoms with Crippen LogP contribution >= 0.6 is 11.6 Å². The number of benzene rings is 1. The van der Waals surface area contributed by atoms with Crippen LogP contribution in [0.2, 0.25) is 5.02 Å². The lowest BCUT2D eigenvalue weighted by molar-refractivity contribution is -0.146. The summed E-state index contributed by atoms with van der Waals surface area (Å²) in [5.41, 5.74) is -6.98. The topological polar surface area (TPSA) is 123 Å². The molecule has 1 aliphatic rings. The maximum absolute atomic E-state index is 14.7. The number of aromatic amines is 1. The first-order valence-electron chi connectivity index (χ1n) is 9.42. The monoisotopic (exact) mass is 506 g/mol. The molecule has 0 atom stereocenters. The summed E-state index contributed by atoms with van der Waals surface area (Å²) in [5, 5.41) is -0.400. The van der Waals surface area contributed by atoms with Gasteiger partial charge in [-0.15, -0.1) is 0 Å². The lowest BCUT2D eigenvalue weighted by Crippen LogP contribution is -2.36. The zero-order valence-corrected chi connectivity index (χ0v) is 18.2. The van der Waals surface area contributed by atoms with Crippen LogP contribution in [0.5, 0.6) is 0 Å². The second kappa shape index (κ2) is 9.29. The van der Waals surface area contributed by atoms with Crippen LogP contribution in [0, 0.1) is 5.82 Å². The first kappa shape index (κ1) is 25.0. The number of nitrogens with one attached hydrogen (secondary N) is 1. The summed E-state index contributed by atoms with van der Waals surface area (Å²) in [4.78, 5) is 54.2. The molecule has 34 heavy (non-hydrogen) atoms. The van der Waals surface area contributed by atoms with Crippen LogP contribution in [0.25, 0.3) is 11.1 Å². The predicted octanol–water partition coefficient (Wildman–Crippen LogP) is 1.96. The highest BCUT2D eigenvalue weighted by atomic mass is 35.5. The maximum Gasteiger partial charge on any atom is 0.432 e. The average Bonchev–Trinajstić information content (AvgIpc) is 3.05. The average molecular weight is 507 g/mol. The first-order valence-corrected chi connectivity index (χ1v) is 9.80. The molecule has 3 rings (SSSR count). The van der Waals surface area contributed by atoms with Crippen molar-refractivity contribution in [2.45, 2.75) is 13.1 Å². The lowest BCUT2D eigenvalue weighted by atomic mass is 10.0. The molecule has 0 unspecified atom stereocenters. The Labute approximate surface area is 192 Å². The first-order chi connectivity index (χ1) is 15.8. The molecule has 1 amide bonds. The molecule has 1 aliphatic heterocycles. The number of hydrogen-bond acceptors (Lipinski definition) is 7. The van der Waals surface area contributed by atoms with Crippen molar-refractivity contribution in [3.63, 3.8) is 0 Å². The number of esters is 1. The Morgan fingerprint density at radius 2 is 1.97 bits per heavy atom. The summed E-state index contributed by atoms with van der Waals surface area (Å²) in [5.74, 6) is -2.76. The van der Waals surface area contributed by atoms with Gasteiger partial charge in [0.25, 0.3) is 11.5 Å². The van der Waals surface area contributed by atoms with Crippen molar-refractivity contribution in [1.82, 2.24) is 14.5 Å². The number of hydrogen-bond donors (Lipinski definition) is 1. The van der Waals surface area contributed by atoms with E-state index < -0.39 is 76.1 Å². The molecule has 1 fully saturated rings. The summed E-state index contributed by atoms with van der Waals surface area (Å²) in [7, 11) is 0.755. The second-order valence-electron chi connectivity index (χ2n) is 6.79. The van der Waals surface area contributed by atoms with Gasteiger partial charge in [-0.2, -0.15) is 18.2 Å². The molecule has 2 heterocycles. The van der Waals surface area contributed by atoms with Crippen LogP contribution in [0.1, 0.15) is 12.6 Å². The van der Waals surface area contributed by atoms with Gasteiger partial charge in [0.15, 0.2) is 6.61 Å². The Hall–Kier alpha value is -3.68. The molecule has 0 aliphatic carbocycles. The summed E-state index contributed by atoms with van der Waals surface area (Å²) >= 11 is 5.97. The van der Waals surface area contributed by atoms with E-state index in [0.717, 1.165) is 18.0 Å². The van der Waals surface area contributed by atoms with Crippen LogP contribution in [0.4, 0.5) is 23.2 Å². The number of halogens is 5. The fourth-order valence-corrected chi connectivity index (χ4v) is 3.29. The van der Waals surface area contributed by atoms with E-state index in [9.17, 15) is 36.7 Å². The minimum absolute atomic E-state index is 0.0387. The number of nitrogens with zero attached hydrogens (tertiary/aromatic N) is 3. The van der Waals surface area contributed by atoms with Gasteiger partial charge in [-0.25, -0.2) is 9.18 Å². The Balaban J connectivity index is 2.19. The third-order valence-electron chi connectivity index (χ3n) is 4.56. The summed E-state index contributed by atoms with van der Waals surface area (Å²) < 4.78 is 65.7. The number of carbonyl (C=O) groups is 2. The number of alkyl halides is 3. The van der Waals surface area contributed by atoms with Crippen molar-refractivity contribution in [3.8, 4) is 11.1 Å². The number of amides is 1. The third kappa shape index (κ3) is 4.81. The number of aliphatic imine (C=N–C) groups is 1. The van der Waals surface area contributed by atoms with E-state index in [2.05, 4.69) is 4.99 Å². The normalized spacial score (nSPS) is 15.1. The van der Waals surface area contributed by atoms with Gasteiger partial charge < -0.3 is 9.47 Å². The van der Waals surface area contributed by atoms with Crippen molar-refractivity contribution in [3.05, 3.63) is 49.5 Å². The van der Waals surface area contributed by atoms with Gasteiger partial charge in [-0.1, -0.05) is 11.6 Å². The Morgan fingerprint density at radius 1 is 1.29 bits per heavy atom. The second-order valence-corrected chi connectivity index (χ2v) is 7.20. The highest BCUT2D eigenvalue weighted by Crippen LogP contribution is 2.38. The minimum atomic E-state index is -5.20. The quantitative estimate of drug-likeness (QED) is 0.488. The molecule has 15 heteroatoms. The van der Waals surface area contributed by atoms with E-state index in [1.54, 1.807) is 11.9 Å². The molecule has 0 saturated carbocycles. The van der Waals surface area contributed by atoms with E-state index in [1.165, 1.54) is 0 Å². The van der Waals surface area contributed by atoms with Gasteiger partial charge in [0.1, 0.15) is 18.1 Å². The van der Waals surface area contributed by atoms with Crippen LogP contribution < -0.4 is 11.2 Å². The summed E-state index contributed by atoms with van der Waals surface area (Å²) in [6.45, 7) is 0.515. The van der Waals surface area contributed by atoms with E-state index in [1.807, 2.05) is 0 Å². The number of amidine groups is 1. The van der Waals surface area contributed by atoms with Crippen LogP contribution in [-0.4, -0.2) is 52.1 Å². The highest BCUT2D eigenvalue weighted by molar-refractivity contribution is 6.33. The molecule has 0 radical (unpaired) electrons. The molecule has 10 nitrogen and oxygen atoms in total. The largest absolute Gasteiger partial charge is 0.465 e. The zero-order valence-electron chi connectivity index (χ0n) is 17.5. The van der Waals surface area contributed by atoms with Crippen LogP contribution in [0.15, 0.2) is 26.7 Å². The summed E-state index contributed by atoms with van der Waals surface area (Å²) in [6, 6.07) is 0.889. The summed E-state index contributed by atoms with van der Waals surface area (Å²) in [6.07, 6.45) is -5.20. The lowest BCUT2D eigenvalue weighted by Gasteiger charge is -2.17. The SMILES string of the molecule is CCOC(=O)CN1C(=O)COC1=Nc1cc(-c2c(C(F)(F)F)n(C)c(=O)[nH]c2=O)c(F)cc1Cl. The fraction of sp³-hybridized carbons (Fsp3) is 0.316. The minimum Gasteiger partial charge on any atom is -0.465 e. The molecule has 2 aromatic rings. The van der Waals surface area contributed by atoms with Gasteiger partial charge in [0.05, 0.1) is 22.9 Å². The Morgan fingerprint density at radius 3 is 2.59 bits per heavy atom. The highest BCUT2D eigenvalue weighted by Gasteiger charge is 2.39. The number of aromatic nitrogens is 2. The van der Waals surface area contributed by atoms with E-state index >= 15 is 0 Å². The van der Waals surface area contributed by atoms with Gasteiger partial charge in [0.2, 0.25) is 0 Å². The molecular weight excluding hydrogens is 492 g/mol. The zero-order chi connectivity index (χ0) is 25.4. The molecule has 1 aromatic heterocycles.